The second kappa shape index (κ2) is 9.56. The lowest BCUT2D eigenvalue weighted by Crippen LogP contribution is -2.68. The van der Waals surface area contributed by atoms with E-state index in [-0.39, 0.29) is 24.1 Å². The third-order valence-electron chi connectivity index (χ3n) is 8.77. The summed E-state index contributed by atoms with van der Waals surface area (Å²) >= 11 is 0. The van der Waals surface area contributed by atoms with Gasteiger partial charge in [0.2, 0.25) is 5.91 Å². The number of benzene rings is 2. The van der Waals surface area contributed by atoms with Crippen LogP contribution in [0.4, 0.5) is 4.79 Å². The SMILES string of the molecule is CC(Cc1ccccc1O)(C(=O)NCCc1ccccc1)N(C(=O)O)C1C2CC3CC(C2)CC1C3. The highest BCUT2D eigenvalue weighted by atomic mass is 16.4. The molecule has 2 aromatic rings. The molecule has 0 aromatic heterocycles. The number of para-hydroxylation sites is 1. The molecular formula is C29H36N2O4. The normalized spacial score (nSPS) is 28.3. The van der Waals surface area contributed by atoms with Crippen molar-refractivity contribution in [2.75, 3.05) is 6.54 Å². The Balaban J connectivity index is 1.44. The van der Waals surface area contributed by atoms with Crippen molar-refractivity contribution >= 4 is 12.0 Å². The fraction of sp³-hybridized carbons (Fsp3) is 0.517. The van der Waals surface area contributed by atoms with E-state index in [2.05, 4.69) is 5.32 Å². The Hall–Kier alpha value is -3.02. The third-order valence-corrected chi connectivity index (χ3v) is 8.77. The lowest BCUT2D eigenvalue weighted by Gasteiger charge is -2.59. The van der Waals surface area contributed by atoms with Gasteiger partial charge >= 0.3 is 6.09 Å². The molecular weight excluding hydrogens is 440 g/mol. The zero-order valence-electron chi connectivity index (χ0n) is 20.4. The zero-order valence-corrected chi connectivity index (χ0v) is 20.4. The van der Waals surface area contributed by atoms with Gasteiger partial charge in [0, 0.05) is 19.0 Å². The Morgan fingerprint density at radius 1 is 0.943 bits per heavy atom. The summed E-state index contributed by atoms with van der Waals surface area (Å²) < 4.78 is 0. The number of rotatable bonds is 8. The molecule has 4 fully saturated rings. The molecule has 6 heteroatoms. The van der Waals surface area contributed by atoms with Crippen LogP contribution in [0.25, 0.3) is 0 Å². The van der Waals surface area contributed by atoms with Gasteiger partial charge in [0.15, 0.2) is 0 Å². The quantitative estimate of drug-likeness (QED) is 0.508. The summed E-state index contributed by atoms with van der Waals surface area (Å²) in [5, 5.41) is 24.1. The second-order valence-corrected chi connectivity index (χ2v) is 11.1. The van der Waals surface area contributed by atoms with Crippen molar-refractivity contribution in [1.29, 1.82) is 0 Å². The number of nitrogens with zero attached hydrogens (tertiary/aromatic N) is 1. The van der Waals surface area contributed by atoms with E-state index in [1.165, 1.54) is 11.3 Å². The number of carboxylic acid groups (broad SMARTS) is 1. The van der Waals surface area contributed by atoms with Crippen molar-refractivity contribution in [3.63, 3.8) is 0 Å². The summed E-state index contributed by atoms with van der Waals surface area (Å²) in [4.78, 5) is 28.3. The summed E-state index contributed by atoms with van der Waals surface area (Å²) in [6.45, 7) is 2.17. The topological polar surface area (TPSA) is 89.9 Å². The zero-order chi connectivity index (χ0) is 24.6. The highest BCUT2D eigenvalue weighted by Crippen LogP contribution is 2.56. The monoisotopic (exact) mass is 476 g/mol. The molecule has 0 aliphatic heterocycles. The van der Waals surface area contributed by atoms with Crippen LogP contribution in [0.1, 0.15) is 50.2 Å². The van der Waals surface area contributed by atoms with Crippen LogP contribution >= 0.6 is 0 Å². The first-order chi connectivity index (χ1) is 16.8. The first-order valence-corrected chi connectivity index (χ1v) is 13.0. The molecule has 4 aliphatic carbocycles. The van der Waals surface area contributed by atoms with Crippen LogP contribution in [0.2, 0.25) is 0 Å². The van der Waals surface area contributed by atoms with Gasteiger partial charge < -0.3 is 15.5 Å². The predicted octanol–water partition coefficient (Wildman–Crippen LogP) is 4.86. The highest BCUT2D eigenvalue weighted by Gasteiger charge is 2.56. The van der Waals surface area contributed by atoms with Crippen molar-refractivity contribution in [3.05, 3.63) is 65.7 Å². The average Bonchev–Trinajstić information content (AvgIpc) is 2.82. The van der Waals surface area contributed by atoms with E-state index >= 15 is 0 Å². The first-order valence-electron chi connectivity index (χ1n) is 13.0. The van der Waals surface area contributed by atoms with E-state index < -0.39 is 11.6 Å². The molecule has 186 valence electrons. The van der Waals surface area contributed by atoms with Crippen LogP contribution in [-0.2, 0) is 17.6 Å². The van der Waals surface area contributed by atoms with Crippen LogP contribution in [0.15, 0.2) is 54.6 Å². The summed E-state index contributed by atoms with van der Waals surface area (Å²) in [5.74, 6) is 1.81. The fourth-order valence-electron chi connectivity index (χ4n) is 7.45. The van der Waals surface area contributed by atoms with E-state index in [1.54, 1.807) is 25.1 Å². The van der Waals surface area contributed by atoms with Crippen molar-refractivity contribution in [2.24, 2.45) is 23.7 Å². The molecule has 1 atom stereocenters. The lowest BCUT2D eigenvalue weighted by atomic mass is 9.53. The highest BCUT2D eigenvalue weighted by molar-refractivity contribution is 5.90. The number of aromatic hydroxyl groups is 1. The minimum absolute atomic E-state index is 0.0891. The Kier molecular flexibility index (Phi) is 6.47. The Morgan fingerprint density at radius 3 is 2.14 bits per heavy atom. The largest absolute Gasteiger partial charge is 0.508 e. The van der Waals surface area contributed by atoms with Crippen molar-refractivity contribution < 1.29 is 19.8 Å². The predicted molar refractivity (Wildman–Crippen MR) is 134 cm³/mol. The Labute approximate surface area is 207 Å². The molecule has 6 rings (SSSR count). The van der Waals surface area contributed by atoms with Gasteiger partial charge in [0.05, 0.1) is 0 Å². The Bertz CT molecular complexity index is 1040. The van der Waals surface area contributed by atoms with Crippen molar-refractivity contribution in [2.45, 2.75) is 63.5 Å². The molecule has 3 N–H and O–H groups in total. The van der Waals surface area contributed by atoms with Gasteiger partial charge in [-0.25, -0.2) is 4.79 Å². The molecule has 4 saturated carbocycles. The number of nitrogens with one attached hydrogen (secondary N) is 1. The van der Waals surface area contributed by atoms with Crippen LogP contribution in [0, 0.1) is 23.7 Å². The number of amides is 2. The second-order valence-electron chi connectivity index (χ2n) is 11.1. The maximum Gasteiger partial charge on any atom is 0.408 e. The van der Waals surface area contributed by atoms with Crippen LogP contribution in [0.5, 0.6) is 5.75 Å². The molecule has 6 nitrogen and oxygen atoms in total. The van der Waals surface area contributed by atoms with E-state index in [0.29, 0.717) is 42.2 Å². The average molecular weight is 477 g/mol. The molecule has 0 saturated heterocycles. The van der Waals surface area contributed by atoms with E-state index in [9.17, 15) is 19.8 Å². The molecule has 0 spiro atoms. The molecule has 4 bridgehead atoms. The molecule has 4 aliphatic rings. The minimum Gasteiger partial charge on any atom is -0.508 e. The molecule has 2 amide bonds. The summed E-state index contributed by atoms with van der Waals surface area (Å²) in [7, 11) is 0. The van der Waals surface area contributed by atoms with E-state index in [0.717, 1.165) is 31.2 Å². The molecule has 35 heavy (non-hydrogen) atoms. The maximum absolute atomic E-state index is 13.9. The van der Waals surface area contributed by atoms with Crippen LogP contribution in [0.3, 0.4) is 0 Å². The van der Waals surface area contributed by atoms with Crippen LogP contribution < -0.4 is 5.32 Å². The summed E-state index contributed by atoms with van der Waals surface area (Å²) in [6, 6.07) is 16.7. The number of carbonyl (C=O) groups is 2. The van der Waals surface area contributed by atoms with Gasteiger partial charge in [0.1, 0.15) is 11.3 Å². The fourth-order valence-corrected chi connectivity index (χ4v) is 7.45. The molecule has 1 unspecified atom stereocenters. The van der Waals surface area contributed by atoms with Crippen molar-refractivity contribution in [1.82, 2.24) is 10.2 Å². The maximum atomic E-state index is 13.9. The minimum atomic E-state index is -1.33. The summed E-state index contributed by atoms with van der Waals surface area (Å²) in [6.07, 6.45) is 5.28. The van der Waals surface area contributed by atoms with Gasteiger partial charge in [-0.3, -0.25) is 9.69 Å². The molecule has 2 aromatic carbocycles. The van der Waals surface area contributed by atoms with Gasteiger partial charge in [-0.1, -0.05) is 48.5 Å². The molecule has 0 radical (unpaired) electrons. The lowest BCUT2D eigenvalue weighted by molar-refractivity contribution is -0.140. The number of carbonyl (C=O) groups excluding carboxylic acids is 1. The van der Waals surface area contributed by atoms with Crippen LogP contribution in [-0.4, -0.2) is 45.2 Å². The van der Waals surface area contributed by atoms with Gasteiger partial charge in [0.25, 0.3) is 0 Å². The first kappa shape index (κ1) is 23.7. The molecule has 0 heterocycles. The number of hydrogen-bond donors (Lipinski definition) is 3. The van der Waals surface area contributed by atoms with Gasteiger partial charge in [-0.05, 0) is 86.3 Å². The van der Waals surface area contributed by atoms with Gasteiger partial charge in [-0.2, -0.15) is 0 Å². The summed E-state index contributed by atoms with van der Waals surface area (Å²) in [5.41, 5.74) is 0.371. The van der Waals surface area contributed by atoms with E-state index in [1.807, 2.05) is 36.4 Å². The number of phenols is 1. The standard InChI is InChI=1S/C29H36N2O4/c1-29(18-22-9-5-6-10-25(22)32,27(33)30-12-11-19-7-3-2-4-8-19)31(28(34)35)26-23-14-20-13-21(16-23)17-24(26)15-20/h2-10,20-21,23-24,26,32H,11-18H2,1H3,(H,30,33)(H,34,35). The number of hydrogen-bond acceptors (Lipinski definition) is 3. The van der Waals surface area contributed by atoms with Gasteiger partial charge in [-0.15, -0.1) is 0 Å². The van der Waals surface area contributed by atoms with E-state index in [4.69, 9.17) is 0 Å². The van der Waals surface area contributed by atoms with Crippen molar-refractivity contribution in [3.8, 4) is 5.75 Å². The third kappa shape index (κ3) is 4.63. The Morgan fingerprint density at radius 2 is 1.54 bits per heavy atom. The smallest absolute Gasteiger partial charge is 0.408 e. The number of phenolic OH excluding ortho intramolecular Hbond substituents is 1.